The molecular formula is C20H36Br2O3. The number of hydrogen-bond donors (Lipinski definition) is 0. The summed E-state index contributed by atoms with van der Waals surface area (Å²) in [6.45, 7) is 2.80. The number of hydrogen-bond acceptors (Lipinski definition) is 3. The molecule has 3 nitrogen and oxygen atoms in total. The summed E-state index contributed by atoms with van der Waals surface area (Å²) in [6, 6.07) is 0. The molecule has 1 aliphatic heterocycles. The van der Waals surface area contributed by atoms with E-state index >= 15 is 0 Å². The molecule has 25 heavy (non-hydrogen) atoms. The molecule has 0 bridgehead atoms. The third kappa shape index (κ3) is 9.76. The van der Waals surface area contributed by atoms with Crippen molar-refractivity contribution in [2.75, 3.05) is 13.7 Å². The van der Waals surface area contributed by atoms with E-state index < -0.39 is 5.60 Å². The average Bonchev–Trinajstić information content (AvgIpc) is 3.40. The molecule has 3 atom stereocenters. The minimum atomic E-state index is -0.592. The van der Waals surface area contributed by atoms with Crippen molar-refractivity contribution < 1.29 is 14.3 Å². The summed E-state index contributed by atoms with van der Waals surface area (Å²) in [5.74, 6) is -0.204. The van der Waals surface area contributed by atoms with Crippen LogP contribution in [-0.2, 0) is 14.3 Å². The first-order valence-electron chi connectivity index (χ1n) is 10.1. The van der Waals surface area contributed by atoms with Crippen LogP contribution in [0.25, 0.3) is 0 Å². The third-order valence-corrected chi connectivity index (χ3v) is 7.99. The van der Waals surface area contributed by atoms with Crippen molar-refractivity contribution in [2.24, 2.45) is 0 Å². The van der Waals surface area contributed by atoms with Gasteiger partial charge in [0.1, 0.15) is 0 Å². The number of epoxide rings is 1. The van der Waals surface area contributed by atoms with Gasteiger partial charge in [-0.05, 0) is 25.7 Å². The molecule has 0 aromatic rings. The van der Waals surface area contributed by atoms with Crippen LogP contribution >= 0.6 is 31.9 Å². The van der Waals surface area contributed by atoms with Crippen LogP contribution in [0, 0.1) is 0 Å². The van der Waals surface area contributed by atoms with Crippen LogP contribution in [0.1, 0.15) is 90.4 Å². The highest BCUT2D eigenvalue weighted by atomic mass is 79.9. The molecule has 0 radical (unpaired) electrons. The van der Waals surface area contributed by atoms with Crippen LogP contribution < -0.4 is 0 Å². The van der Waals surface area contributed by atoms with Gasteiger partial charge in [-0.15, -0.1) is 0 Å². The second-order valence-corrected chi connectivity index (χ2v) is 9.67. The molecule has 1 aliphatic rings. The minimum Gasteiger partial charge on any atom is -0.467 e. The average molecular weight is 484 g/mol. The van der Waals surface area contributed by atoms with Gasteiger partial charge in [0.25, 0.3) is 0 Å². The van der Waals surface area contributed by atoms with E-state index in [1.807, 2.05) is 0 Å². The highest BCUT2D eigenvalue weighted by Crippen LogP contribution is 2.34. The fourth-order valence-electron chi connectivity index (χ4n) is 3.22. The van der Waals surface area contributed by atoms with Gasteiger partial charge in [0, 0.05) is 9.65 Å². The number of alkyl halides is 2. The second-order valence-electron chi connectivity index (χ2n) is 7.32. The first-order valence-corrected chi connectivity index (χ1v) is 11.9. The molecule has 0 aromatic carbocycles. The molecule has 1 rings (SSSR count). The van der Waals surface area contributed by atoms with Gasteiger partial charge >= 0.3 is 5.97 Å². The summed E-state index contributed by atoms with van der Waals surface area (Å²) < 4.78 is 10.1. The predicted octanol–water partition coefficient (Wildman–Crippen LogP) is 6.55. The maximum absolute atomic E-state index is 11.6. The smallest absolute Gasteiger partial charge is 0.340 e. The molecule has 1 saturated heterocycles. The summed E-state index contributed by atoms with van der Waals surface area (Å²) in [6.07, 6.45) is 16.1. The monoisotopic (exact) mass is 482 g/mol. The zero-order chi connectivity index (χ0) is 18.5. The topological polar surface area (TPSA) is 38.8 Å². The Morgan fingerprint density at radius 2 is 1.44 bits per heavy atom. The molecule has 1 fully saturated rings. The Morgan fingerprint density at radius 3 is 1.92 bits per heavy atom. The van der Waals surface area contributed by atoms with E-state index in [0.29, 0.717) is 16.3 Å². The summed E-state index contributed by atoms with van der Waals surface area (Å²) in [5, 5.41) is 0. The lowest BCUT2D eigenvalue weighted by Gasteiger charge is -2.16. The maximum Gasteiger partial charge on any atom is 0.340 e. The first-order chi connectivity index (χ1) is 12.1. The van der Waals surface area contributed by atoms with E-state index in [1.165, 1.54) is 71.3 Å². The zero-order valence-electron chi connectivity index (χ0n) is 16.0. The summed E-state index contributed by atoms with van der Waals surface area (Å²) in [5.41, 5.74) is -0.592. The molecule has 0 unspecified atom stereocenters. The lowest BCUT2D eigenvalue weighted by Crippen LogP contribution is -2.25. The number of esters is 1. The fraction of sp³-hybridized carbons (Fsp3) is 0.950. The molecule has 1 heterocycles. The minimum absolute atomic E-state index is 0.204. The highest BCUT2D eigenvalue weighted by molar-refractivity contribution is 9.12. The van der Waals surface area contributed by atoms with Gasteiger partial charge in [0.2, 0.25) is 0 Å². The van der Waals surface area contributed by atoms with Crippen molar-refractivity contribution >= 4 is 37.8 Å². The molecular weight excluding hydrogens is 448 g/mol. The van der Waals surface area contributed by atoms with Crippen LogP contribution in [0.3, 0.4) is 0 Å². The Balaban J connectivity index is 1.95. The van der Waals surface area contributed by atoms with Crippen LogP contribution in [0.4, 0.5) is 0 Å². The number of ether oxygens (including phenoxy) is 2. The van der Waals surface area contributed by atoms with Crippen molar-refractivity contribution in [1.82, 2.24) is 0 Å². The first kappa shape index (κ1) is 23.4. The second kappa shape index (κ2) is 13.5. The molecule has 148 valence electrons. The highest BCUT2D eigenvalue weighted by Gasteiger charge is 2.52. The van der Waals surface area contributed by atoms with Gasteiger partial charge in [0.15, 0.2) is 5.60 Å². The Kier molecular flexibility index (Phi) is 12.7. The number of rotatable bonds is 16. The van der Waals surface area contributed by atoms with Crippen LogP contribution in [-0.4, -0.2) is 34.9 Å². The number of unbranched alkanes of at least 4 members (excludes halogenated alkanes) is 8. The SMILES string of the molecule is CCCCCCCC[C@H](Br)[C@H](Br)CCCCCC[C@@]1(C(=O)OC)CO1. The molecule has 0 aliphatic carbocycles. The fourth-order valence-corrected chi connectivity index (χ4v) is 4.40. The largest absolute Gasteiger partial charge is 0.467 e. The van der Waals surface area contributed by atoms with Crippen molar-refractivity contribution in [1.29, 1.82) is 0 Å². The Labute approximate surface area is 171 Å². The zero-order valence-corrected chi connectivity index (χ0v) is 19.2. The normalized spacial score (nSPS) is 21.8. The molecule has 5 heteroatoms. The van der Waals surface area contributed by atoms with Crippen LogP contribution in [0.5, 0.6) is 0 Å². The van der Waals surface area contributed by atoms with E-state index in [-0.39, 0.29) is 5.97 Å². The quantitative estimate of drug-likeness (QED) is 0.108. The van der Waals surface area contributed by atoms with Crippen LogP contribution in [0.15, 0.2) is 0 Å². The predicted molar refractivity (Wildman–Crippen MR) is 112 cm³/mol. The number of carbonyl (C=O) groups excluding carboxylic acids is 1. The lowest BCUT2D eigenvalue weighted by molar-refractivity contribution is -0.147. The van der Waals surface area contributed by atoms with E-state index in [4.69, 9.17) is 9.47 Å². The Bertz CT molecular complexity index is 359. The Hall–Kier alpha value is 0.390. The van der Waals surface area contributed by atoms with Gasteiger partial charge in [0.05, 0.1) is 13.7 Å². The molecule has 0 N–H and O–H groups in total. The van der Waals surface area contributed by atoms with Gasteiger partial charge in [-0.25, -0.2) is 4.79 Å². The molecule has 0 saturated carbocycles. The number of methoxy groups -OCH3 is 1. The van der Waals surface area contributed by atoms with E-state index in [9.17, 15) is 4.79 Å². The van der Waals surface area contributed by atoms with E-state index in [2.05, 4.69) is 38.8 Å². The molecule has 0 amide bonds. The maximum atomic E-state index is 11.6. The Morgan fingerprint density at radius 1 is 0.960 bits per heavy atom. The third-order valence-electron chi connectivity index (χ3n) is 5.09. The lowest BCUT2D eigenvalue weighted by atomic mass is 10.0. The standard InChI is InChI=1S/C20H36Br2O3/c1-3-4-5-6-7-10-13-17(21)18(22)14-11-8-9-12-15-20(16-25-20)19(23)24-2/h17-18H,3-16H2,1-2H3/t17-,18+,20-/m0/s1. The van der Waals surface area contributed by atoms with Crippen LogP contribution in [0.2, 0.25) is 0 Å². The van der Waals surface area contributed by atoms with Crippen molar-refractivity contribution in [3.05, 3.63) is 0 Å². The summed E-state index contributed by atoms with van der Waals surface area (Å²) in [4.78, 5) is 12.7. The van der Waals surface area contributed by atoms with E-state index in [0.717, 1.165) is 19.3 Å². The molecule has 0 aromatic heterocycles. The summed E-state index contributed by atoms with van der Waals surface area (Å²) in [7, 11) is 1.43. The number of carbonyl (C=O) groups is 1. The van der Waals surface area contributed by atoms with Crippen molar-refractivity contribution in [3.8, 4) is 0 Å². The van der Waals surface area contributed by atoms with Gasteiger partial charge in [-0.1, -0.05) is 96.6 Å². The van der Waals surface area contributed by atoms with Gasteiger partial charge < -0.3 is 9.47 Å². The number of halogens is 2. The van der Waals surface area contributed by atoms with Gasteiger partial charge in [-0.3, -0.25) is 0 Å². The molecule has 0 spiro atoms. The van der Waals surface area contributed by atoms with Gasteiger partial charge in [-0.2, -0.15) is 0 Å². The summed E-state index contributed by atoms with van der Waals surface area (Å²) >= 11 is 7.70. The van der Waals surface area contributed by atoms with Crippen molar-refractivity contribution in [2.45, 2.75) is 106 Å². The van der Waals surface area contributed by atoms with E-state index in [1.54, 1.807) is 0 Å². The van der Waals surface area contributed by atoms with Crippen molar-refractivity contribution in [3.63, 3.8) is 0 Å².